The van der Waals surface area contributed by atoms with Gasteiger partial charge in [0.25, 0.3) is 11.2 Å². The SMILES string of the molecule is Cc1cccc(COc2ccc([N+](=O)[O-])cc2C=Nn2c(=O)[nH]c3ccccc3c2=O)c1. The van der Waals surface area contributed by atoms with E-state index in [1.807, 2.05) is 31.2 Å². The van der Waals surface area contributed by atoms with Gasteiger partial charge in [0.05, 0.1) is 22.0 Å². The average Bonchev–Trinajstić information content (AvgIpc) is 2.78. The van der Waals surface area contributed by atoms with Gasteiger partial charge in [-0.2, -0.15) is 5.10 Å². The molecule has 0 spiro atoms. The molecule has 0 bridgehead atoms. The average molecular weight is 430 g/mol. The van der Waals surface area contributed by atoms with Crippen molar-refractivity contribution in [3.8, 4) is 5.75 Å². The molecule has 9 nitrogen and oxygen atoms in total. The molecular weight excluding hydrogens is 412 g/mol. The molecule has 9 heteroatoms. The number of aromatic nitrogens is 2. The van der Waals surface area contributed by atoms with E-state index in [-0.39, 0.29) is 17.9 Å². The van der Waals surface area contributed by atoms with Gasteiger partial charge in [-0.05, 0) is 30.7 Å². The number of rotatable bonds is 6. The summed E-state index contributed by atoms with van der Waals surface area (Å²) in [7, 11) is 0. The van der Waals surface area contributed by atoms with E-state index in [0.29, 0.717) is 21.3 Å². The molecule has 0 atom stereocenters. The Labute approximate surface area is 181 Å². The van der Waals surface area contributed by atoms with Gasteiger partial charge < -0.3 is 9.72 Å². The quantitative estimate of drug-likeness (QED) is 0.286. The van der Waals surface area contributed by atoms with Crippen LogP contribution in [0.15, 0.2) is 81.4 Å². The van der Waals surface area contributed by atoms with E-state index >= 15 is 0 Å². The summed E-state index contributed by atoms with van der Waals surface area (Å²) in [5, 5.41) is 15.5. The van der Waals surface area contributed by atoms with Gasteiger partial charge in [-0.25, -0.2) is 4.79 Å². The van der Waals surface area contributed by atoms with Gasteiger partial charge >= 0.3 is 5.69 Å². The van der Waals surface area contributed by atoms with Crippen LogP contribution in [0.3, 0.4) is 0 Å². The van der Waals surface area contributed by atoms with Crippen molar-refractivity contribution in [2.75, 3.05) is 0 Å². The molecule has 0 saturated carbocycles. The number of non-ortho nitro benzene ring substituents is 1. The van der Waals surface area contributed by atoms with Crippen molar-refractivity contribution in [3.05, 3.63) is 114 Å². The van der Waals surface area contributed by atoms with Crippen LogP contribution in [0.4, 0.5) is 5.69 Å². The number of nitrogens with zero attached hydrogens (tertiary/aromatic N) is 3. The highest BCUT2D eigenvalue weighted by Crippen LogP contribution is 2.24. The second-order valence-corrected chi connectivity index (χ2v) is 7.09. The Bertz CT molecular complexity index is 1470. The monoisotopic (exact) mass is 430 g/mol. The Hall–Kier alpha value is -4.53. The van der Waals surface area contributed by atoms with Gasteiger partial charge in [-0.3, -0.25) is 14.9 Å². The largest absolute Gasteiger partial charge is 0.488 e. The highest BCUT2D eigenvalue weighted by Gasteiger charge is 2.12. The van der Waals surface area contributed by atoms with Gasteiger partial charge in [0, 0.05) is 17.7 Å². The van der Waals surface area contributed by atoms with Crippen LogP contribution < -0.4 is 16.0 Å². The summed E-state index contributed by atoms with van der Waals surface area (Å²) in [6.07, 6.45) is 1.20. The Morgan fingerprint density at radius 3 is 2.69 bits per heavy atom. The first-order valence-electron chi connectivity index (χ1n) is 9.67. The molecule has 0 aliphatic carbocycles. The van der Waals surface area contributed by atoms with Crippen LogP contribution in [-0.4, -0.2) is 20.8 Å². The highest BCUT2D eigenvalue weighted by atomic mass is 16.6. The lowest BCUT2D eigenvalue weighted by atomic mass is 10.1. The lowest BCUT2D eigenvalue weighted by Gasteiger charge is -2.10. The number of aryl methyl sites for hydroxylation is 1. The Morgan fingerprint density at radius 2 is 1.91 bits per heavy atom. The molecule has 4 aromatic rings. The predicted octanol–water partition coefficient (Wildman–Crippen LogP) is 3.37. The Kier molecular flexibility index (Phi) is 5.63. The number of nitrogens with one attached hydrogen (secondary N) is 1. The van der Waals surface area contributed by atoms with Crippen LogP contribution in [0.5, 0.6) is 5.75 Å². The lowest BCUT2D eigenvalue weighted by molar-refractivity contribution is -0.384. The Balaban J connectivity index is 1.72. The third-order valence-corrected chi connectivity index (χ3v) is 4.78. The van der Waals surface area contributed by atoms with Crippen molar-refractivity contribution in [1.29, 1.82) is 0 Å². The van der Waals surface area contributed by atoms with Crippen LogP contribution in [-0.2, 0) is 6.61 Å². The van der Waals surface area contributed by atoms with Crippen molar-refractivity contribution >= 4 is 22.8 Å². The lowest BCUT2D eigenvalue weighted by Crippen LogP contribution is -2.32. The van der Waals surface area contributed by atoms with Crippen molar-refractivity contribution in [3.63, 3.8) is 0 Å². The number of benzene rings is 3. The van der Waals surface area contributed by atoms with E-state index in [2.05, 4.69) is 10.1 Å². The normalized spacial score (nSPS) is 11.2. The number of ether oxygens (including phenoxy) is 1. The van der Waals surface area contributed by atoms with Crippen LogP contribution in [0.2, 0.25) is 0 Å². The maximum absolute atomic E-state index is 12.7. The number of hydrogen-bond acceptors (Lipinski definition) is 6. The van der Waals surface area contributed by atoms with Crippen LogP contribution >= 0.6 is 0 Å². The molecule has 0 radical (unpaired) electrons. The van der Waals surface area contributed by atoms with Crippen molar-refractivity contribution in [1.82, 2.24) is 9.66 Å². The minimum Gasteiger partial charge on any atom is -0.488 e. The molecule has 0 fully saturated rings. The molecule has 1 heterocycles. The summed E-state index contributed by atoms with van der Waals surface area (Å²) in [5.74, 6) is 0.325. The van der Waals surface area contributed by atoms with Crippen molar-refractivity contribution < 1.29 is 9.66 Å². The van der Waals surface area contributed by atoms with Crippen molar-refractivity contribution in [2.45, 2.75) is 13.5 Å². The van der Waals surface area contributed by atoms with Gasteiger partial charge in [0.15, 0.2) is 0 Å². The molecule has 4 rings (SSSR count). The zero-order chi connectivity index (χ0) is 22.7. The highest BCUT2D eigenvalue weighted by molar-refractivity contribution is 5.85. The fourth-order valence-electron chi connectivity index (χ4n) is 3.22. The zero-order valence-electron chi connectivity index (χ0n) is 17.0. The first-order chi connectivity index (χ1) is 15.4. The maximum Gasteiger partial charge on any atom is 0.349 e. The topological polar surface area (TPSA) is 120 Å². The first kappa shape index (κ1) is 20.7. The van der Waals surface area contributed by atoms with Gasteiger partial charge in [-0.15, -0.1) is 4.68 Å². The van der Waals surface area contributed by atoms with Crippen LogP contribution in [0.25, 0.3) is 10.9 Å². The third kappa shape index (κ3) is 4.31. The van der Waals surface area contributed by atoms with Gasteiger partial charge in [0.2, 0.25) is 0 Å². The second kappa shape index (κ2) is 8.68. The fraction of sp³-hybridized carbons (Fsp3) is 0.0870. The molecule has 1 aromatic heterocycles. The summed E-state index contributed by atoms with van der Waals surface area (Å²) in [6.45, 7) is 2.20. The minimum absolute atomic E-state index is 0.172. The smallest absolute Gasteiger partial charge is 0.349 e. The van der Waals surface area contributed by atoms with Gasteiger partial charge in [-0.1, -0.05) is 42.0 Å². The zero-order valence-corrected chi connectivity index (χ0v) is 17.0. The number of hydrogen-bond donors (Lipinski definition) is 1. The number of aromatic amines is 1. The molecule has 0 saturated heterocycles. The third-order valence-electron chi connectivity index (χ3n) is 4.78. The molecule has 160 valence electrons. The van der Waals surface area contributed by atoms with E-state index in [0.717, 1.165) is 11.1 Å². The predicted molar refractivity (Wildman–Crippen MR) is 120 cm³/mol. The van der Waals surface area contributed by atoms with E-state index in [1.165, 1.54) is 24.4 Å². The molecule has 0 amide bonds. The second-order valence-electron chi connectivity index (χ2n) is 7.09. The summed E-state index contributed by atoms with van der Waals surface area (Å²) in [6, 6.07) is 18.4. The molecule has 1 N–H and O–H groups in total. The molecule has 0 aliphatic rings. The van der Waals surface area contributed by atoms with Crippen LogP contribution in [0, 0.1) is 17.0 Å². The molecule has 32 heavy (non-hydrogen) atoms. The molecular formula is C23H18N4O5. The van der Waals surface area contributed by atoms with E-state index in [1.54, 1.807) is 24.3 Å². The molecule has 0 unspecified atom stereocenters. The summed E-state index contributed by atoms with van der Waals surface area (Å²) >= 11 is 0. The van der Waals surface area contributed by atoms with Crippen molar-refractivity contribution in [2.24, 2.45) is 5.10 Å². The van der Waals surface area contributed by atoms with E-state index in [4.69, 9.17) is 4.74 Å². The Morgan fingerprint density at radius 1 is 1.09 bits per heavy atom. The first-order valence-corrected chi connectivity index (χ1v) is 9.67. The van der Waals surface area contributed by atoms with E-state index in [9.17, 15) is 19.7 Å². The summed E-state index contributed by atoms with van der Waals surface area (Å²) in [4.78, 5) is 38.3. The standard InChI is InChI=1S/C23H18N4O5/c1-15-5-4-6-16(11-15)14-32-21-10-9-18(27(30)31)12-17(21)13-24-26-22(28)19-7-2-3-8-20(19)25-23(26)29/h2-13H,14H2,1H3,(H,25,29). The summed E-state index contributed by atoms with van der Waals surface area (Å²) in [5.41, 5.74) is 1.15. The number of para-hydroxylation sites is 1. The minimum atomic E-state index is -0.724. The number of fused-ring (bicyclic) bond motifs is 1. The molecule has 0 aliphatic heterocycles. The molecule has 3 aromatic carbocycles. The van der Waals surface area contributed by atoms with Crippen LogP contribution in [0.1, 0.15) is 16.7 Å². The van der Waals surface area contributed by atoms with Gasteiger partial charge in [0.1, 0.15) is 12.4 Å². The fourth-order valence-corrected chi connectivity index (χ4v) is 3.22. The van der Waals surface area contributed by atoms with E-state index < -0.39 is 16.2 Å². The maximum atomic E-state index is 12.7. The number of nitro benzene ring substituents is 1. The number of nitro groups is 1. The summed E-state index contributed by atoms with van der Waals surface area (Å²) < 4.78 is 6.52. The number of H-pyrrole nitrogens is 1.